The Morgan fingerprint density at radius 3 is 2.30 bits per heavy atom. The van der Waals surface area contributed by atoms with Crippen molar-refractivity contribution in [2.24, 2.45) is 0 Å². The third-order valence-electron chi connectivity index (χ3n) is 3.26. The van der Waals surface area contributed by atoms with Gasteiger partial charge in [-0.05, 0) is 60.9 Å². The Morgan fingerprint density at radius 2 is 1.75 bits per heavy atom. The second kappa shape index (κ2) is 6.17. The fourth-order valence-corrected chi connectivity index (χ4v) is 3.01. The van der Waals surface area contributed by atoms with Crippen LogP contribution in [0.1, 0.15) is 28.4 Å². The number of ether oxygens (including phenoxy) is 1. The lowest BCUT2D eigenvalue weighted by Gasteiger charge is -2.17. The summed E-state index contributed by atoms with van der Waals surface area (Å²) in [7, 11) is 1.65. The normalized spacial score (nSPS) is 12.3. The van der Waals surface area contributed by atoms with E-state index >= 15 is 0 Å². The molecule has 0 aliphatic heterocycles. The van der Waals surface area contributed by atoms with Gasteiger partial charge in [-0.2, -0.15) is 0 Å². The van der Waals surface area contributed by atoms with Gasteiger partial charge in [0.1, 0.15) is 11.9 Å². The minimum atomic E-state index is -0.730. The smallest absolute Gasteiger partial charge is 0.124 e. The lowest BCUT2D eigenvalue weighted by Crippen LogP contribution is -2.03. The van der Waals surface area contributed by atoms with Gasteiger partial charge in [-0.25, -0.2) is 0 Å². The molecule has 0 saturated heterocycles. The monoisotopic (exact) mass is 354 g/mol. The maximum atomic E-state index is 10.6. The van der Waals surface area contributed by atoms with Crippen molar-refractivity contribution in [3.05, 3.63) is 62.1 Å². The summed E-state index contributed by atoms with van der Waals surface area (Å²) < 4.78 is 6.18. The molecule has 2 aromatic carbocycles. The Hall–Kier alpha value is -1.03. The van der Waals surface area contributed by atoms with E-state index in [2.05, 4.69) is 15.9 Å². The minimum Gasteiger partial charge on any atom is -0.496 e. The molecule has 1 N–H and O–H groups in total. The molecule has 0 aliphatic rings. The van der Waals surface area contributed by atoms with Crippen molar-refractivity contribution < 1.29 is 9.84 Å². The number of aryl methyl sites for hydroxylation is 2. The van der Waals surface area contributed by atoms with Gasteiger partial charge in [0.05, 0.1) is 7.11 Å². The number of hydrogen-bond donors (Lipinski definition) is 1. The molecule has 0 aliphatic carbocycles. The van der Waals surface area contributed by atoms with Crippen molar-refractivity contribution in [2.75, 3.05) is 7.11 Å². The summed E-state index contributed by atoms with van der Waals surface area (Å²) in [6, 6.07) is 9.26. The van der Waals surface area contributed by atoms with E-state index in [1.54, 1.807) is 19.2 Å². The van der Waals surface area contributed by atoms with E-state index in [0.717, 1.165) is 32.5 Å². The van der Waals surface area contributed by atoms with Crippen LogP contribution in [-0.4, -0.2) is 12.2 Å². The quantitative estimate of drug-likeness (QED) is 0.856. The molecule has 0 radical (unpaired) electrons. The van der Waals surface area contributed by atoms with Crippen LogP contribution in [0.2, 0.25) is 5.02 Å². The van der Waals surface area contributed by atoms with Crippen molar-refractivity contribution in [1.29, 1.82) is 0 Å². The molecular formula is C16H16BrClO2. The lowest BCUT2D eigenvalue weighted by atomic mass is 9.97. The van der Waals surface area contributed by atoms with Gasteiger partial charge in [0.25, 0.3) is 0 Å². The highest BCUT2D eigenvalue weighted by molar-refractivity contribution is 9.10. The molecule has 106 valence electrons. The Balaban J connectivity index is 2.48. The van der Waals surface area contributed by atoms with E-state index in [0.29, 0.717) is 5.02 Å². The Morgan fingerprint density at radius 1 is 1.15 bits per heavy atom. The molecule has 0 spiro atoms. The first kappa shape index (κ1) is 15.4. The lowest BCUT2D eigenvalue weighted by molar-refractivity contribution is 0.219. The summed E-state index contributed by atoms with van der Waals surface area (Å²) in [5.41, 5.74) is 3.57. The Bertz CT molecular complexity index is 617. The molecule has 2 nitrogen and oxygen atoms in total. The molecule has 0 bridgehead atoms. The van der Waals surface area contributed by atoms with Crippen LogP contribution in [0.3, 0.4) is 0 Å². The van der Waals surface area contributed by atoms with Gasteiger partial charge in [-0.3, -0.25) is 0 Å². The Kier molecular flexibility index (Phi) is 4.74. The third-order valence-corrected chi connectivity index (χ3v) is 4.21. The van der Waals surface area contributed by atoms with Gasteiger partial charge < -0.3 is 9.84 Å². The number of hydrogen-bond acceptors (Lipinski definition) is 2. The van der Waals surface area contributed by atoms with Crippen LogP contribution >= 0.6 is 27.5 Å². The van der Waals surface area contributed by atoms with Gasteiger partial charge in [-0.1, -0.05) is 27.5 Å². The first-order valence-electron chi connectivity index (χ1n) is 6.22. The van der Waals surface area contributed by atoms with Crippen LogP contribution in [0, 0.1) is 13.8 Å². The second-order valence-electron chi connectivity index (χ2n) is 4.76. The highest BCUT2D eigenvalue weighted by Gasteiger charge is 2.16. The molecule has 0 aromatic heterocycles. The standard InChI is InChI=1S/C16H16BrClO2/c1-9-6-11(7-10(2)16(9)20-3)15(19)13-8-12(18)4-5-14(13)17/h4-8,15,19H,1-3H3. The number of halogens is 2. The molecular weight excluding hydrogens is 340 g/mol. The van der Waals surface area contributed by atoms with Crippen LogP contribution in [-0.2, 0) is 0 Å². The minimum absolute atomic E-state index is 0.601. The first-order chi connectivity index (χ1) is 9.43. The predicted molar refractivity (Wildman–Crippen MR) is 85.7 cm³/mol. The Labute approximate surface area is 132 Å². The SMILES string of the molecule is COc1c(C)cc(C(O)c2cc(Cl)ccc2Br)cc1C. The molecule has 20 heavy (non-hydrogen) atoms. The predicted octanol–water partition coefficient (Wildman–Crippen LogP) is 4.81. The topological polar surface area (TPSA) is 29.5 Å². The van der Waals surface area contributed by atoms with Crippen molar-refractivity contribution in [3.8, 4) is 5.75 Å². The van der Waals surface area contributed by atoms with Gasteiger partial charge in [0.15, 0.2) is 0 Å². The fraction of sp³-hybridized carbons (Fsp3) is 0.250. The van der Waals surface area contributed by atoms with Gasteiger partial charge in [0, 0.05) is 15.1 Å². The highest BCUT2D eigenvalue weighted by atomic mass is 79.9. The van der Waals surface area contributed by atoms with Crippen molar-refractivity contribution >= 4 is 27.5 Å². The fourth-order valence-electron chi connectivity index (χ4n) is 2.37. The summed E-state index contributed by atoms with van der Waals surface area (Å²) >= 11 is 9.46. The van der Waals surface area contributed by atoms with Gasteiger partial charge >= 0.3 is 0 Å². The average molecular weight is 356 g/mol. The van der Waals surface area contributed by atoms with Crippen LogP contribution in [0.4, 0.5) is 0 Å². The van der Waals surface area contributed by atoms with Crippen molar-refractivity contribution in [3.63, 3.8) is 0 Å². The molecule has 0 saturated carbocycles. The summed E-state index contributed by atoms with van der Waals surface area (Å²) in [4.78, 5) is 0. The highest BCUT2D eigenvalue weighted by Crippen LogP contribution is 2.34. The number of methoxy groups -OCH3 is 1. The van der Waals surface area contributed by atoms with E-state index in [4.69, 9.17) is 16.3 Å². The van der Waals surface area contributed by atoms with Gasteiger partial charge in [-0.15, -0.1) is 0 Å². The average Bonchev–Trinajstić information content (AvgIpc) is 2.40. The summed E-state index contributed by atoms with van der Waals surface area (Å²) in [6.45, 7) is 3.93. The number of aliphatic hydroxyl groups excluding tert-OH is 1. The zero-order chi connectivity index (χ0) is 14.9. The third kappa shape index (κ3) is 3.00. The second-order valence-corrected chi connectivity index (χ2v) is 6.05. The maximum Gasteiger partial charge on any atom is 0.124 e. The molecule has 2 aromatic rings. The van der Waals surface area contributed by atoms with E-state index in [1.165, 1.54) is 0 Å². The van der Waals surface area contributed by atoms with E-state index < -0.39 is 6.10 Å². The van der Waals surface area contributed by atoms with Crippen LogP contribution in [0.25, 0.3) is 0 Å². The summed E-state index contributed by atoms with van der Waals surface area (Å²) in [6.07, 6.45) is -0.730. The molecule has 1 atom stereocenters. The first-order valence-corrected chi connectivity index (χ1v) is 7.39. The number of aliphatic hydroxyl groups is 1. The molecule has 0 amide bonds. The summed E-state index contributed by atoms with van der Waals surface area (Å²) in [5, 5.41) is 11.2. The molecule has 0 heterocycles. The molecule has 1 unspecified atom stereocenters. The summed E-state index contributed by atoms with van der Waals surface area (Å²) in [5.74, 6) is 0.853. The number of rotatable bonds is 3. The van der Waals surface area contributed by atoms with E-state index in [-0.39, 0.29) is 0 Å². The zero-order valence-corrected chi connectivity index (χ0v) is 13.9. The van der Waals surface area contributed by atoms with Crippen LogP contribution in [0.15, 0.2) is 34.8 Å². The maximum absolute atomic E-state index is 10.6. The molecule has 2 rings (SSSR count). The van der Waals surface area contributed by atoms with Crippen LogP contribution in [0.5, 0.6) is 5.75 Å². The number of benzene rings is 2. The van der Waals surface area contributed by atoms with Crippen molar-refractivity contribution in [2.45, 2.75) is 20.0 Å². The zero-order valence-electron chi connectivity index (χ0n) is 11.6. The molecule has 4 heteroatoms. The van der Waals surface area contributed by atoms with E-state index in [9.17, 15) is 5.11 Å². The van der Waals surface area contributed by atoms with E-state index in [1.807, 2.05) is 32.0 Å². The van der Waals surface area contributed by atoms with Crippen LogP contribution < -0.4 is 4.74 Å². The van der Waals surface area contributed by atoms with Crippen molar-refractivity contribution in [1.82, 2.24) is 0 Å². The molecule has 0 fully saturated rings. The van der Waals surface area contributed by atoms with Gasteiger partial charge in [0.2, 0.25) is 0 Å². The largest absolute Gasteiger partial charge is 0.496 e.